The number of amides is 1. The number of rotatable bonds is 13. The lowest BCUT2D eigenvalue weighted by Crippen LogP contribution is -2.34. The summed E-state index contributed by atoms with van der Waals surface area (Å²) in [7, 11) is 0. The Bertz CT molecular complexity index is 210. The highest BCUT2D eigenvalue weighted by Crippen LogP contribution is 2.07. The number of nitrogens with two attached hydrogens (primary N) is 1. The van der Waals surface area contributed by atoms with Crippen molar-refractivity contribution in [3.8, 4) is 0 Å². The van der Waals surface area contributed by atoms with Gasteiger partial charge in [0, 0.05) is 19.5 Å². The van der Waals surface area contributed by atoms with Crippen LogP contribution < -0.4 is 5.73 Å². The van der Waals surface area contributed by atoms with Gasteiger partial charge >= 0.3 is 0 Å². The zero-order valence-electron chi connectivity index (χ0n) is 12.6. The van der Waals surface area contributed by atoms with Gasteiger partial charge in [-0.3, -0.25) is 4.79 Å². The summed E-state index contributed by atoms with van der Waals surface area (Å²) in [4.78, 5) is 13.8. The molecule has 0 fully saturated rings. The predicted molar refractivity (Wildman–Crippen MR) is 79.9 cm³/mol. The van der Waals surface area contributed by atoms with Crippen molar-refractivity contribution in [2.24, 2.45) is 5.73 Å². The number of hydrogen-bond donors (Lipinski definition) is 2. The van der Waals surface area contributed by atoms with Crippen molar-refractivity contribution in [3.05, 3.63) is 0 Å². The van der Waals surface area contributed by atoms with Crippen molar-refractivity contribution < 1.29 is 9.90 Å². The van der Waals surface area contributed by atoms with E-state index >= 15 is 0 Å². The van der Waals surface area contributed by atoms with Crippen LogP contribution in [0.5, 0.6) is 0 Å². The Morgan fingerprint density at radius 2 is 1.68 bits per heavy atom. The standard InChI is InChI=1S/C15H32N2O2/c1-2-3-4-5-6-9-12-17(13-14-18)15(19)10-7-8-11-16/h18H,2-14,16H2,1H3. The van der Waals surface area contributed by atoms with E-state index in [1.54, 1.807) is 4.90 Å². The normalized spacial score (nSPS) is 10.7. The third kappa shape index (κ3) is 11.0. The molecule has 0 atom stereocenters. The number of carbonyl (C=O) groups excluding carboxylic acids is 1. The molecule has 0 aliphatic carbocycles. The molecular weight excluding hydrogens is 240 g/mol. The molecule has 1 amide bonds. The minimum atomic E-state index is 0.0540. The highest BCUT2D eigenvalue weighted by atomic mass is 16.3. The van der Waals surface area contributed by atoms with E-state index in [0.717, 1.165) is 25.8 Å². The lowest BCUT2D eigenvalue weighted by atomic mass is 10.1. The average Bonchev–Trinajstić information content (AvgIpc) is 2.41. The summed E-state index contributed by atoms with van der Waals surface area (Å²) in [5.74, 6) is 0.163. The summed E-state index contributed by atoms with van der Waals surface area (Å²) < 4.78 is 0. The molecule has 0 aromatic carbocycles. The first kappa shape index (κ1) is 18.4. The number of hydrogen-bond acceptors (Lipinski definition) is 3. The van der Waals surface area contributed by atoms with Crippen LogP contribution in [0.15, 0.2) is 0 Å². The minimum Gasteiger partial charge on any atom is -0.395 e. The van der Waals surface area contributed by atoms with Gasteiger partial charge in [0.05, 0.1) is 6.61 Å². The fourth-order valence-corrected chi connectivity index (χ4v) is 2.14. The number of aliphatic hydroxyl groups is 1. The number of aliphatic hydroxyl groups excluding tert-OH is 1. The monoisotopic (exact) mass is 272 g/mol. The first-order chi connectivity index (χ1) is 9.26. The van der Waals surface area contributed by atoms with Crippen LogP contribution in [0, 0.1) is 0 Å². The summed E-state index contributed by atoms with van der Waals surface area (Å²) >= 11 is 0. The van der Waals surface area contributed by atoms with E-state index in [-0.39, 0.29) is 12.5 Å². The lowest BCUT2D eigenvalue weighted by molar-refractivity contribution is -0.131. The Labute approximate surface area is 118 Å². The molecule has 0 bridgehead atoms. The number of unbranched alkanes of at least 4 members (excludes halogenated alkanes) is 6. The molecule has 0 aliphatic heterocycles. The van der Waals surface area contributed by atoms with Crippen LogP contribution in [0.1, 0.15) is 64.7 Å². The Hall–Kier alpha value is -0.610. The largest absolute Gasteiger partial charge is 0.395 e. The highest BCUT2D eigenvalue weighted by Gasteiger charge is 2.11. The summed E-state index contributed by atoms with van der Waals surface area (Å²) in [5, 5.41) is 9.02. The van der Waals surface area contributed by atoms with E-state index < -0.39 is 0 Å². The quantitative estimate of drug-likeness (QED) is 0.506. The summed E-state index contributed by atoms with van der Waals surface area (Å²) in [5.41, 5.74) is 5.42. The Morgan fingerprint density at radius 3 is 2.32 bits per heavy atom. The molecule has 0 saturated carbocycles. The van der Waals surface area contributed by atoms with Crippen molar-refractivity contribution >= 4 is 5.91 Å². The van der Waals surface area contributed by atoms with Gasteiger partial charge < -0.3 is 15.7 Å². The van der Waals surface area contributed by atoms with E-state index in [0.29, 0.717) is 19.5 Å². The molecule has 0 aliphatic rings. The molecule has 0 heterocycles. The van der Waals surface area contributed by atoms with Crippen molar-refractivity contribution in [1.29, 1.82) is 0 Å². The fraction of sp³-hybridized carbons (Fsp3) is 0.933. The molecule has 0 radical (unpaired) electrons. The zero-order valence-corrected chi connectivity index (χ0v) is 12.6. The van der Waals surface area contributed by atoms with E-state index in [9.17, 15) is 4.79 Å². The molecule has 0 saturated heterocycles. The molecule has 0 aromatic rings. The maximum absolute atomic E-state index is 11.9. The van der Waals surface area contributed by atoms with Crippen LogP contribution in [0.25, 0.3) is 0 Å². The fourth-order valence-electron chi connectivity index (χ4n) is 2.14. The maximum Gasteiger partial charge on any atom is 0.222 e. The van der Waals surface area contributed by atoms with Crippen LogP contribution in [0.4, 0.5) is 0 Å². The van der Waals surface area contributed by atoms with Crippen LogP contribution in [-0.4, -0.2) is 42.2 Å². The smallest absolute Gasteiger partial charge is 0.222 e. The topological polar surface area (TPSA) is 66.6 Å². The summed E-state index contributed by atoms with van der Waals surface area (Å²) in [6, 6.07) is 0. The van der Waals surface area contributed by atoms with Crippen molar-refractivity contribution in [3.63, 3.8) is 0 Å². The second-order valence-electron chi connectivity index (χ2n) is 5.12. The van der Waals surface area contributed by atoms with Gasteiger partial charge in [-0.25, -0.2) is 0 Å². The molecule has 0 rings (SSSR count). The Balaban J connectivity index is 3.74. The molecule has 114 valence electrons. The molecule has 0 spiro atoms. The van der Waals surface area contributed by atoms with Gasteiger partial charge in [0.25, 0.3) is 0 Å². The third-order valence-corrected chi connectivity index (χ3v) is 3.35. The molecule has 0 aromatic heterocycles. The molecule has 4 heteroatoms. The van der Waals surface area contributed by atoms with E-state index in [2.05, 4.69) is 6.92 Å². The van der Waals surface area contributed by atoms with Gasteiger partial charge in [-0.15, -0.1) is 0 Å². The zero-order chi connectivity index (χ0) is 14.3. The Morgan fingerprint density at radius 1 is 1.00 bits per heavy atom. The van der Waals surface area contributed by atoms with Gasteiger partial charge in [-0.05, 0) is 25.8 Å². The summed E-state index contributed by atoms with van der Waals surface area (Å²) in [6.45, 7) is 4.16. The van der Waals surface area contributed by atoms with E-state index in [4.69, 9.17) is 10.8 Å². The number of nitrogens with zero attached hydrogens (tertiary/aromatic N) is 1. The van der Waals surface area contributed by atoms with Gasteiger partial charge in [-0.1, -0.05) is 39.0 Å². The van der Waals surface area contributed by atoms with Crippen LogP contribution in [0.2, 0.25) is 0 Å². The van der Waals surface area contributed by atoms with Crippen LogP contribution >= 0.6 is 0 Å². The molecular formula is C15H32N2O2. The molecule has 3 N–H and O–H groups in total. The Kier molecular flexibility index (Phi) is 13.4. The van der Waals surface area contributed by atoms with Gasteiger partial charge in [-0.2, -0.15) is 0 Å². The first-order valence-electron chi connectivity index (χ1n) is 7.85. The van der Waals surface area contributed by atoms with Gasteiger partial charge in [0.2, 0.25) is 5.91 Å². The van der Waals surface area contributed by atoms with Gasteiger partial charge in [0.1, 0.15) is 0 Å². The van der Waals surface area contributed by atoms with Crippen LogP contribution in [-0.2, 0) is 4.79 Å². The SMILES string of the molecule is CCCCCCCCN(CCO)C(=O)CCCCN. The molecule has 0 unspecified atom stereocenters. The maximum atomic E-state index is 11.9. The van der Waals surface area contributed by atoms with Crippen LogP contribution in [0.3, 0.4) is 0 Å². The van der Waals surface area contributed by atoms with Crippen molar-refractivity contribution in [1.82, 2.24) is 4.90 Å². The highest BCUT2D eigenvalue weighted by molar-refractivity contribution is 5.76. The predicted octanol–water partition coefficient (Wildman–Crippen LogP) is 2.30. The second kappa shape index (κ2) is 13.8. The lowest BCUT2D eigenvalue weighted by Gasteiger charge is -2.21. The van der Waals surface area contributed by atoms with E-state index in [1.165, 1.54) is 32.1 Å². The third-order valence-electron chi connectivity index (χ3n) is 3.35. The average molecular weight is 272 g/mol. The van der Waals surface area contributed by atoms with Gasteiger partial charge in [0.15, 0.2) is 0 Å². The van der Waals surface area contributed by atoms with E-state index in [1.807, 2.05) is 0 Å². The minimum absolute atomic E-state index is 0.0540. The first-order valence-corrected chi connectivity index (χ1v) is 7.85. The second-order valence-corrected chi connectivity index (χ2v) is 5.12. The number of carbonyl (C=O) groups is 1. The van der Waals surface area contributed by atoms with Crippen molar-refractivity contribution in [2.45, 2.75) is 64.7 Å². The molecule has 19 heavy (non-hydrogen) atoms. The summed E-state index contributed by atoms with van der Waals surface area (Å²) in [6.07, 6.45) is 9.65. The van der Waals surface area contributed by atoms with Crippen molar-refractivity contribution in [2.75, 3.05) is 26.2 Å². The molecule has 4 nitrogen and oxygen atoms in total.